The van der Waals surface area contributed by atoms with Gasteiger partial charge in [0.15, 0.2) is 0 Å². The van der Waals surface area contributed by atoms with E-state index in [4.69, 9.17) is 4.74 Å². The fourth-order valence-corrected chi connectivity index (χ4v) is 1.90. The third-order valence-corrected chi connectivity index (χ3v) is 2.85. The van der Waals surface area contributed by atoms with Crippen molar-refractivity contribution in [3.63, 3.8) is 0 Å². The van der Waals surface area contributed by atoms with Crippen molar-refractivity contribution in [2.24, 2.45) is 0 Å². The van der Waals surface area contributed by atoms with Crippen LogP contribution < -0.4 is 4.74 Å². The molecule has 2 rings (SSSR count). The summed E-state index contributed by atoms with van der Waals surface area (Å²) in [5.41, 5.74) is 3.58. The van der Waals surface area contributed by atoms with E-state index in [-0.39, 0.29) is 0 Å². The Morgan fingerprint density at radius 1 is 1.00 bits per heavy atom. The molecule has 0 saturated heterocycles. The molecule has 0 radical (unpaired) electrons. The zero-order valence-electron chi connectivity index (χ0n) is 10.9. The van der Waals surface area contributed by atoms with Crippen molar-refractivity contribution in [2.45, 2.75) is 20.5 Å². The van der Waals surface area contributed by atoms with E-state index in [0.717, 1.165) is 11.3 Å². The van der Waals surface area contributed by atoms with Crippen LogP contribution >= 0.6 is 0 Å². The van der Waals surface area contributed by atoms with Gasteiger partial charge in [0.05, 0.1) is 0 Å². The standard InChI is InChI=1S/C17H18O/c1-3-8-16-14(2)9-7-12-17(16)18-13-15-10-5-4-6-11-15/h3-12H,13H2,1-2H3/b8-3-. The second-order valence-corrected chi connectivity index (χ2v) is 4.26. The summed E-state index contributed by atoms with van der Waals surface area (Å²) in [5, 5.41) is 0. The predicted octanol–water partition coefficient (Wildman–Crippen LogP) is 4.61. The SMILES string of the molecule is C/C=C\c1c(C)cccc1OCc1ccccc1. The van der Waals surface area contributed by atoms with Gasteiger partial charge in [0.2, 0.25) is 0 Å². The lowest BCUT2D eigenvalue weighted by molar-refractivity contribution is 0.305. The summed E-state index contributed by atoms with van der Waals surface area (Å²) in [5.74, 6) is 0.942. The Morgan fingerprint density at radius 3 is 2.50 bits per heavy atom. The van der Waals surface area contributed by atoms with Gasteiger partial charge in [0, 0.05) is 5.56 Å². The summed E-state index contributed by atoms with van der Waals surface area (Å²) in [4.78, 5) is 0. The lowest BCUT2D eigenvalue weighted by atomic mass is 10.1. The van der Waals surface area contributed by atoms with Gasteiger partial charge in [-0.3, -0.25) is 0 Å². The van der Waals surface area contributed by atoms with Gasteiger partial charge >= 0.3 is 0 Å². The molecule has 2 aromatic carbocycles. The Bertz CT molecular complexity index is 527. The van der Waals surface area contributed by atoms with Crippen molar-refractivity contribution in [2.75, 3.05) is 0 Å². The lowest BCUT2D eigenvalue weighted by Gasteiger charge is -2.11. The minimum atomic E-state index is 0.606. The quantitative estimate of drug-likeness (QED) is 0.756. The van der Waals surface area contributed by atoms with Gasteiger partial charge in [-0.25, -0.2) is 0 Å². The van der Waals surface area contributed by atoms with Crippen molar-refractivity contribution in [3.8, 4) is 5.75 Å². The highest BCUT2D eigenvalue weighted by Crippen LogP contribution is 2.24. The lowest BCUT2D eigenvalue weighted by Crippen LogP contribution is -1.97. The van der Waals surface area contributed by atoms with E-state index in [9.17, 15) is 0 Å². The van der Waals surface area contributed by atoms with E-state index >= 15 is 0 Å². The first kappa shape index (κ1) is 12.4. The summed E-state index contributed by atoms with van der Waals surface area (Å²) < 4.78 is 5.91. The molecule has 0 N–H and O–H groups in total. The molecule has 1 nitrogen and oxygen atoms in total. The third-order valence-electron chi connectivity index (χ3n) is 2.85. The summed E-state index contributed by atoms with van der Waals surface area (Å²) in [7, 11) is 0. The summed E-state index contributed by atoms with van der Waals surface area (Å²) >= 11 is 0. The fourth-order valence-electron chi connectivity index (χ4n) is 1.90. The highest BCUT2D eigenvalue weighted by Gasteiger charge is 2.03. The number of hydrogen-bond acceptors (Lipinski definition) is 1. The fraction of sp³-hybridized carbons (Fsp3) is 0.176. The molecule has 0 aliphatic carbocycles. The maximum Gasteiger partial charge on any atom is 0.127 e. The van der Waals surface area contributed by atoms with Crippen LogP contribution in [0.5, 0.6) is 5.75 Å². The molecule has 0 spiro atoms. The Kier molecular flexibility index (Phi) is 4.19. The maximum absolute atomic E-state index is 5.91. The largest absolute Gasteiger partial charge is 0.488 e. The molecule has 18 heavy (non-hydrogen) atoms. The normalized spacial score (nSPS) is 10.8. The van der Waals surface area contributed by atoms with E-state index in [1.165, 1.54) is 11.1 Å². The molecule has 0 unspecified atom stereocenters. The Morgan fingerprint density at radius 2 is 1.78 bits per heavy atom. The van der Waals surface area contributed by atoms with Crippen molar-refractivity contribution >= 4 is 6.08 Å². The molecule has 92 valence electrons. The zero-order chi connectivity index (χ0) is 12.8. The van der Waals surface area contributed by atoms with Gasteiger partial charge in [-0.15, -0.1) is 0 Å². The number of rotatable bonds is 4. The highest BCUT2D eigenvalue weighted by atomic mass is 16.5. The second-order valence-electron chi connectivity index (χ2n) is 4.26. The Hall–Kier alpha value is -2.02. The number of benzene rings is 2. The van der Waals surface area contributed by atoms with E-state index < -0.39 is 0 Å². The summed E-state index contributed by atoms with van der Waals surface area (Å²) in [6.07, 6.45) is 4.13. The molecule has 0 heterocycles. The molecule has 0 fully saturated rings. The van der Waals surface area contributed by atoms with Crippen LogP contribution in [0.3, 0.4) is 0 Å². The second kappa shape index (κ2) is 6.06. The average molecular weight is 238 g/mol. The summed E-state index contributed by atoms with van der Waals surface area (Å²) in [6, 6.07) is 16.4. The van der Waals surface area contributed by atoms with E-state index in [1.807, 2.05) is 43.3 Å². The van der Waals surface area contributed by atoms with Crippen molar-refractivity contribution in [3.05, 3.63) is 71.3 Å². The minimum Gasteiger partial charge on any atom is -0.488 e. The molecule has 0 aromatic heterocycles. The topological polar surface area (TPSA) is 9.23 Å². The molecule has 0 saturated carbocycles. The van der Waals surface area contributed by atoms with E-state index in [0.29, 0.717) is 6.61 Å². The molecule has 0 aliphatic rings. The third kappa shape index (κ3) is 3.01. The van der Waals surface area contributed by atoms with Crippen LogP contribution in [0.15, 0.2) is 54.6 Å². The number of hydrogen-bond donors (Lipinski definition) is 0. The molecule has 0 amide bonds. The molecule has 0 aliphatic heterocycles. The minimum absolute atomic E-state index is 0.606. The van der Waals surface area contributed by atoms with Crippen LogP contribution in [-0.4, -0.2) is 0 Å². The zero-order valence-corrected chi connectivity index (χ0v) is 10.9. The molecular weight excluding hydrogens is 220 g/mol. The van der Waals surface area contributed by atoms with E-state index in [2.05, 4.69) is 31.2 Å². The number of ether oxygens (including phenoxy) is 1. The first-order valence-corrected chi connectivity index (χ1v) is 6.20. The molecule has 1 heteroatoms. The van der Waals surface area contributed by atoms with Gasteiger partial charge in [-0.05, 0) is 31.0 Å². The van der Waals surface area contributed by atoms with Crippen LogP contribution in [0, 0.1) is 6.92 Å². The monoisotopic (exact) mass is 238 g/mol. The van der Waals surface area contributed by atoms with Gasteiger partial charge in [0.1, 0.15) is 12.4 Å². The van der Waals surface area contributed by atoms with Crippen molar-refractivity contribution in [1.29, 1.82) is 0 Å². The van der Waals surface area contributed by atoms with E-state index in [1.54, 1.807) is 0 Å². The number of allylic oxidation sites excluding steroid dienone is 1. The molecule has 0 bridgehead atoms. The average Bonchev–Trinajstić information content (AvgIpc) is 2.41. The van der Waals surface area contributed by atoms with Gasteiger partial charge in [0.25, 0.3) is 0 Å². The van der Waals surface area contributed by atoms with Crippen molar-refractivity contribution < 1.29 is 4.74 Å². The maximum atomic E-state index is 5.91. The van der Waals surface area contributed by atoms with Gasteiger partial charge in [-0.1, -0.05) is 54.6 Å². The molecule has 0 atom stereocenters. The smallest absolute Gasteiger partial charge is 0.127 e. The first-order valence-electron chi connectivity index (χ1n) is 6.20. The van der Waals surface area contributed by atoms with Crippen LogP contribution in [0.25, 0.3) is 6.08 Å². The number of aryl methyl sites for hydroxylation is 1. The highest BCUT2D eigenvalue weighted by molar-refractivity contribution is 5.60. The Labute approximate surface area is 109 Å². The van der Waals surface area contributed by atoms with Crippen LogP contribution in [0.4, 0.5) is 0 Å². The van der Waals surface area contributed by atoms with Gasteiger partial charge in [-0.2, -0.15) is 0 Å². The first-order chi connectivity index (χ1) is 8.81. The van der Waals surface area contributed by atoms with Crippen LogP contribution in [0.2, 0.25) is 0 Å². The van der Waals surface area contributed by atoms with Crippen molar-refractivity contribution in [1.82, 2.24) is 0 Å². The summed E-state index contributed by atoms with van der Waals surface area (Å²) in [6.45, 7) is 4.73. The van der Waals surface area contributed by atoms with Crippen LogP contribution in [-0.2, 0) is 6.61 Å². The van der Waals surface area contributed by atoms with Gasteiger partial charge < -0.3 is 4.74 Å². The molecule has 2 aromatic rings. The Balaban J connectivity index is 2.17. The predicted molar refractivity (Wildman–Crippen MR) is 76.7 cm³/mol. The van der Waals surface area contributed by atoms with Crippen LogP contribution in [0.1, 0.15) is 23.6 Å². The molecular formula is C17H18O.